The molecular formula is C16H26N2. The number of likely N-dealkylation sites (tertiary alicyclic amines) is 1. The Labute approximate surface area is 111 Å². The van der Waals surface area contributed by atoms with Gasteiger partial charge in [-0.05, 0) is 38.2 Å². The van der Waals surface area contributed by atoms with Crippen molar-refractivity contribution in [2.45, 2.75) is 45.7 Å². The van der Waals surface area contributed by atoms with Crippen molar-refractivity contribution in [1.82, 2.24) is 4.90 Å². The van der Waals surface area contributed by atoms with Gasteiger partial charge in [0.25, 0.3) is 0 Å². The number of hydrogen-bond acceptors (Lipinski definition) is 2. The monoisotopic (exact) mass is 246 g/mol. The highest BCUT2D eigenvalue weighted by molar-refractivity contribution is 5.25. The zero-order chi connectivity index (χ0) is 13.1. The summed E-state index contributed by atoms with van der Waals surface area (Å²) in [5, 5.41) is 0. The lowest BCUT2D eigenvalue weighted by molar-refractivity contribution is 0.0798. The van der Waals surface area contributed by atoms with Crippen LogP contribution in [0, 0.1) is 12.8 Å². The van der Waals surface area contributed by atoms with E-state index in [1.54, 1.807) is 0 Å². The summed E-state index contributed by atoms with van der Waals surface area (Å²) < 4.78 is 0. The second kappa shape index (κ2) is 5.85. The Kier molecular flexibility index (Phi) is 4.41. The summed E-state index contributed by atoms with van der Waals surface area (Å²) in [4.78, 5) is 2.60. The van der Waals surface area contributed by atoms with E-state index in [1.165, 1.54) is 30.5 Å². The van der Waals surface area contributed by atoms with Crippen molar-refractivity contribution < 1.29 is 0 Å². The van der Waals surface area contributed by atoms with E-state index < -0.39 is 0 Å². The van der Waals surface area contributed by atoms with Crippen LogP contribution in [-0.4, -0.2) is 24.0 Å². The van der Waals surface area contributed by atoms with Crippen LogP contribution in [0.1, 0.15) is 43.9 Å². The van der Waals surface area contributed by atoms with Gasteiger partial charge in [-0.25, -0.2) is 0 Å². The van der Waals surface area contributed by atoms with Crippen molar-refractivity contribution in [3.63, 3.8) is 0 Å². The second-order valence-electron chi connectivity index (χ2n) is 5.89. The molecule has 2 N–H and O–H groups in total. The van der Waals surface area contributed by atoms with Crippen LogP contribution in [0.4, 0.5) is 0 Å². The van der Waals surface area contributed by atoms with E-state index in [2.05, 4.69) is 49.9 Å². The van der Waals surface area contributed by atoms with Gasteiger partial charge in [0.1, 0.15) is 0 Å². The molecule has 1 aliphatic heterocycles. The quantitative estimate of drug-likeness (QED) is 0.888. The van der Waals surface area contributed by atoms with Gasteiger partial charge in [0.15, 0.2) is 0 Å². The minimum Gasteiger partial charge on any atom is -0.329 e. The molecule has 1 fully saturated rings. The lowest BCUT2D eigenvalue weighted by atomic mass is 9.91. The normalized spacial score (nSPS) is 27.1. The zero-order valence-corrected chi connectivity index (χ0v) is 11.9. The molecule has 1 heterocycles. The van der Waals surface area contributed by atoms with Crippen molar-refractivity contribution >= 4 is 0 Å². The number of aryl methyl sites for hydroxylation is 1. The molecule has 18 heavy (non-hydrogen) atoms. The average molecular weight is 246 g/mol. The topological polar surface area (TPSA) is 29.3 Å². The predicted molar refractivity (Wildman–Crippen MR) is 77.5 cm³/mol. The van der Waals surface area contributed by atoms with Crippen molar-refractivity contribution in [3.8, 4) is 0 Å². The van der Waals surface area contributed by atoms with Gasteiger partial charge in [0, 0.05) is 25.2 Å². The van der Waals surface area contributed by atoms with Gasteiger partial charge in [-0.2, -0.15) is 0 Å². The Morgan fingerprint density at radius 2 is 2.11 bits per heavy atom. The molecule has 0 bridgehead atoms. The van der Waals surface area contributed by atoms with E-state index in [9.17, 15) is 0 Å². The van der Waals surface area contributed by atoms with Crippen LogP contribution in [0.15, 0.2) is 24.3 Å². The third-order valence-corrected chi connectivity index (χ3v) is 4.22. The van der Waals surface area contributed by atoms with Crippen LogP contribution in [0.3, 0.4) is 0 Å². The fourth-order valence-electron chi connectivity index (χ4n) is 3.10. The summed E-state index contributed by atoms with van der Waals surface area (Å²) in [5.74, 6) is 0.792. The van der Waals surface area contributed by atoms with E-state index >= 15 is 0 Å². The van der Waals surface area contributed by atoms with E-state index in [1.807, 2.05) is 0 Å². The van der Waals surface area contributed by atoms with Crippen LogP contribution in [0.2, 0.25) is 0 Å². The second-order valence-corrected chi connectivity index (χ2v) is 5.89. The smallest absolute Gasteiger partial charge is 0.0473 e. The average Bonchev–Trinajstić information content (AvgIpc) is 2.35. The number of nitrogens with two attached hydrogens (primary N) is 1. The molecule has 0 amide bonds. The Balaban J connectivity index is 2.21. The number of benzene rings is 1. The summed E-state index contributed by atoms with van der Waals surface area (Å²) in [7, 11) is 0. The summed E-state index contributed by atoms with van der Waals surface area (Å²) in [6.45, 7) is 8.73. The molecule has 1 aromatic carbocycles. The van der Waals surface area contributed by atoms with Crippen LogP contribution >= 0.6 is 0 Å². The van der Waals surface area contributed by atoms with E-state index in [0.29, 0.717) is 18.6 Å². The minimum atomic E-state index is 0.377. The molecule has 0 aliphatic carbocycles. The highest BCUT2D eigenvalue weighted by atomic mass is 15.2. The number of rotatable bonds is 3. The first-order valence-electron chi connectivity index (χ1n) is 7.14. The van der Waals surface area contributed by atoms with E-state index in [4.69, 9.17) is 5.73 Å². The molecule has 0 saturated carbocycles. The molecule has 1 saturated heterocycles. The molecule has 3 atom stereocenters. The lowest BCUT2D eigenvalue weighted by Crippen LogP contribution is -2.45. The van der Waals surface area contributed by atoms with Gasteiger partial charge in [0.05, 0.1) is 0 Å². The summed E-state index contributed by atoms with van der Waals surface area (Å²) in [6, 6.07) is 9.82. The molecule has 100 valence electrons. The first kappa shape index (κ1) is 13.6. The van der Waals surface area contributed by atoms with Gasteiger partial charge >= 0.3 is 0 Å². The zero-order valence-electron chi connectivity index (χ0n) is 11.9. The molecule has 0 radical (unpaired) electrons. The van der Waals surface area contributed by atoms with Gasteiger partial charge in [-0.1, -0.05) is 36.8 Å². The Morgan fingerprint density at radius 3 is 2.78 bits per heavy atom. The molecule has 1 aliphatic rings. The first-order chi connectivity index (χ1) is 8.61. The van der Waals surface area contributed by atoms with Gasteiger partial charge < -0.3 is 5.73 Å². The Bertz CT molecular complexity index is 388. The Hall–Kier alpha value is -0.860. The summed E-state index contributed by atoms with van der Waals surface area (Å²) in [6.07, 6.45) is 2.65. The van der Waals surface area contributed by atoms with Crippen molar-refractivity contribution in [2.24, 2.45) is 11.7 Å². The van der Waals surface area contributed by atoms with Crippen LogP contribution in [-0.2, 0) is 0 Å². The van der Waals surface area contributed by atoms with Gasteiger partial charge in [-0.3, -0.25) is 4.90 Å². The van der Waals surface area contributed by atoms with E-state index in [-0.39, 0.29) is 0 Å². The molecule has 0 spiro atoms. The standard InChI is InChI=1S/C16H26N2/c1-12-5-4-6-15(9-12)16(10-17)18-11-13(2)7-8-14(18)3/h4-6,9,13-14,16H,7-8,10-11,17H2,1-3H3. The van der Waals surface area contributed by atoms with Crippen LogP contribution in [0.5, 0.6) is 0 Å². The molecule has 3 unspecified atom stereocenters. The van der Waals surface area contributed by atoms with E-state index in [0.717, 1.165) is 5.92 Å². The largest absolute Gasteiger partial charge is 0.329 e. The maximum Gasteiger partial charge on any atom is 0.0473 e. The Morgan fingerprint density at radius 1 is 1.33 bits per heavy atom. The third kappa shape index (κ3) is 2.93. The van der Waals surface area contributed by atoms with Crippen molar-refractivity contribution in [1.29, 1.82) is 0 Å². The number of nitrogens with zero attached hydrogens (tertiary/aromatic N) is 1. The molecular weight excluding hydrogens is 220 g/mol. The first-order valence-corrected chi connectivity index (χ1v) is 7.14. The molecule has 1 aromatic rings. The molecule has 2 rings (SSSR count). The predicted octanol–water partition coefficient (Wildman–Crippen LogP) is 3.12. The van der Waals surface area contributed by atoms with Crippen molar-refractivity contribution in [2.75, 3.05) is 13.1 Å². The summed E-state index contributed by atoms with van der Waals surface area (Å²) >= 11 is 0. The SMILES string of the molecule is Cc1cccc(C(CN)N2CC(C)CCC2C)c1. The number of hydrogen-bond donors (Lipinski definition) is 1. The maximum atomic E-state index is 6.05. The minimum absolute atomic E-state index is 0.377. The lowest BCUT2D eigenvalue weighted by Gasteiger charge is -2.42. The number of piperidine rings is 1. The molecule has 2 nitrogen and oxygen atoms in total. The third-order valence-electron chi connectivity index (χ3n) is 4.22. The van der Waals surface area contributed by atoms with Gasteiger partial charge in [-0.15, -0.1) is 0 Å². The highest BCUT2D eigenvalue weighted by Crippen LogP contribution is 2.30. The van der Waals surface area contributed by atoms with Crippen LogP contribution < -0.4 is 5.73 Å². The molecule has 0 aromatic heterocycles. The van der Waals surface area contributed by atoms with Crippen molar-refractivity contribution in [3.05, 3.63) is 35.4 Å². The fourth-order valence-corrected chi connectivity index (χ4v) is 3.10. The highest BCUT2D eigenvalue weighted by Gasteiger charge is 2.29. The summed E-state index contributed by atoms with van der Waals surface area (Å²) in [5.41, 5.74) is 8.75. The van der Waals surface area contributed by atoms with Gasteiger partial charge in [0.2, 0.25) is 0 Å². The van der Waals surface area contributed by atoms with Crippen LogP contribution in [0.25, 0.3) is 0 Å². The molecule has 2 heteroatoms. The maximum absolute atomic E-state index is 6.05. The fraction of sp³-hybridized carbons (Fsp3) is 0.625.